The van der Waals surface area contributed by atoms with Crippen LogP contribution in [0.5, 0.6) is 0 Å². The van der Waals surface area contributed by atoms with Gasteiger partial charge in [0.15, 0.2) is 0 Å². The van der Waals surface area contributed by atoms with E-state index in [4.69, 9.17) is 5.11 Å². The smallest absolute Gasteiger partial charge is 0.314 e. The maximum absolute atomic E-state index is 11.2. The fourth-order valence-corrected chi connectivity index (χ4v) is 2.07. The fourth-order valence-electron chi connectivity index (χ4n) is 1.56. The largest absolute Gasteiger partial charge is 0.481 e. The van der Waals surface area contributed by atoms with Crippen molar-refractivity contribution >= 4 is 43.0 Å². The van der Waals surface area contributed by atoms with E-state index >= 15 is 0 Å². The number of aromatic nitrogens is 2. The summed E-state index contributed by atoms with van der Waals surface area (Å²) in [6, 6.07) is 3.18. The van der Waals surface area contributed by atoms with Gasteiger partial charge in [0.25, 0.3) is 0 Å². The first-order chi connectivity index (χ1) is 9.97. The van der Waals surface area contributed by atoms with E-state index in [-0.39, 0.29) is 6.42 Å². The summed E-state index contributed by atoms with van der Waals surface area (Å²) in [6.07, 6.45) is 0.699. The molecule has 0 fully saturated rings. The van der Waals surface area contributed by atoms with Crippen LogP contribution in [-0.4, -0.2) is 35.7 Å². The third-order valence-corrected chi connectivity index (χ3v) is 2.68. The number of rotatable bonds is 2. The van der Waals surface area contributed by atoms with E-state index in [9.17, 15) is 22.8 Å². The summed E-state index contributed by atoms with van der Waals surface area (Å²) in [5.41, 5.74) is -0.418. The van der Waals surface area contributed by atoms with Crippen molar-refractivity contribution in [1.29, 1.82) is 0 Å². The number of carbonyl (C=O) groups is 1. The molecule has 1 heterocycles. The van der Waals surface area contributed by atoms with Crippen molar-refractivity contribution in [3.63, 3.8) is 0 Å². The lowest BCUT2D eigenvalue weighted by Crippen LogP contribution is -2.29. The number of nitrogens with one attached hydrogen (secondary N) is 2. The molecular weight excluding hydrogens is 382 g/mol. The molecule has 5 N–H and O–H groups in total. The summed E-state index contributed by atoms with van der Waals surface area (Å²) in [4.78, 5) is 37.8. The van der Waals surface area contributed by atoms with Crippen molar-refractivity contribution in [3.05, 3.63) is 42.9 Å². The van der Waals surface area contributed by atoms with Gasteiger partial charge >= 0.3 is 17.1 Å². The number of fused-ring (bicyclic) bond motifs is 1. The molecule has 11 heteroatoms. The fraction of sp³-hybridized carbons (Fsp3) is 0.182. The van der Waals surface area contributed by atoms with Gasteiger partial charge in [-0.05, 0) is 17.7 Å². The second-order valence-corrected chi connectivity index (χ2v) is 6.87. The summed E-state index contributed by atoms with van der Waals surface area (Å²) in [5, 5.41) is 13.1. The van der Waals surface area contributed by atoms with E-state index in [2.05, 4.69) is 31.0 Å². The van der Waals surface area contributed by atoms with Crippen molar-refractivity contribution in [2.75, 3.05) is 6.26 Å². The molecule has 0 amide bonds. The third kappa shape index (κ3) is 5.79. The maximum atomic E-state index is 11.2. The average molecular weight is 394 g/mol. The topological polar surface area (TPSA) is 163 Å². The number of aliphatic carboxylic acids is 1. The molecule has 0 bridgehead atoms. The summed E-state index contributed by atoms with van der Waals surface area (Å²) >= 11 is 3.21. The predicted octanol–water partition coefficient (Wildman–Crippen LogP) is -0.489. The molecule has 0 aliphatic heterocycles. The Hall–Kier alpha value is -1.98. The zero-order valence-corrected chi connectivity index (χ0v) is 13.6. The van der Waals surface area contributed by atoms with Crippen LogP contribution in [0.15, 0.2) is 26.2 Å². The van der Waals surface area contributed by atoms with E-state index in [0.717, 1.165) is 6.26 Å². The summed E-state index contributed by atoms with van der Waals surface area (Å²) < 4.78 is 19.4. The van der Waals surface area contributed by atoms with Crippen molar-refractivity contribution in [1.82, 2.24) is 9.97 Å². The summed E-state index contributed by atoms with van der Waals surface area (Å²) in [6.45, 7) is 0. The van der Waals surface area contributed by atoms with Gasteiger partial charge in [0.2, 0.25) is 10.0 Å². The molecule has 0 spiro atoms. The van der Waals surface area contributed by atoms with Crippen LogP contribution < -0.4 is 16.3 Å². The summed E-state index contributed by atoms with van der Waals surface area (Å²) in [5.74, 6) is -1.02. The van der Waals surface area contributed by atoms with Crippen LogP contribution in [0.1, 0.15) is 5.56 Å². The zero-order chi connectivity index (χ0) is 17.1. The minimum Gasteiger partial charge on any atom is -0.481 e. The highest BCUT2D eigenvalue weighted by atomic mass is 79.9. The van der Waals surface area contributed by atoms with Crippen LogP contribution in [0.2, 0.25) is 0 Å². The number of nitrogens with two attached hydrogens (primary N) is 1. The maximum Gasteiger partial charge on any atom is 0.314 e. The van der Waals surface area contributed by atoms with E-state index < -0.39 is 27.1 Å². The number of sulfonamides is 1. The predicted molar refractivity (Wildman–Crippen MR) is 83.3 cm³/mol. The number of aromatic amines is 2. The van der Waals surface area contributed by atoms with Crippen LogP contribution in [0, 0.1) is 0 Å². The molecule has 9 nitrogen and oxygen atoms in total. The van der Waals surface area contributed by atoms with Gasteiger partial charge in [-0.2, -0.15) is 0 Å². The third-order valence-electron chi connectivity index (χ3n) is 2.22. The van der Waals surface area contributed by atoms with Crippen LogP contribution >= 0.6 is 15.9 Å². The van der Waals surface area contributed by atoms with E-state index in [1.165, 1.54) is 0 Å². The number of carboxylic acid groups (broad SMARTS) is 1. The molecule has 0 atom stereocenters. The molecule has 0 aliphatic rings. The van der Waals surface area contributed by atoms with Crippen LogP contribution in [-0.2, 0) is 21.2 Å². The molecule has 0 unspecified atom stereocenters. The van der Waals surface area contributed by atoms with Crippen LogP contribution in [0.25, 0.3) is 11.0 Å². The van der Waals surface area contributed by atoms with Gasteiger partial charge in [0.1, 0.15) is 0 Å². The van der Waals surface area contributed by atoms with E-state index in [0.29, 0.717) is 21.1 Å². The Morgan fingerprint density at radius 3 is 2.27 bits per heavy atom. The number of primary sulfonamides is 1. The van der Waals surface area contributed by atoms with Crippen molar-refractivity contribution in [3.8, 4) is 0 Å². The molecule has 0 radical (unpaired) electrons. The monoisotopic (exact) mass is 393 g/mol. The van der Waals surface area contributed by atoms with E-state index in [1.807, 2.05) is 0 Å². The molecule has 2 aromatic rings. The highest BCUT2D eigenvalue weighted by molar-refractivity contribution is 9.10. The van der Waals surface area contributed by atoms with Gasteiger partial charge in [-0.15, -0.1) is 0 Å². The molecule has 0 aliphatic carbocycles. The first kappa shape index (κ1) is 18.1. The molecule has 0 saturated heterocycles. The SMILES string of the molecule is CS(N)(=O)=O.O=C(O)Cc1cc(Br)cc2[nH]c(=O)c(=O)[nH]c12. The number of benzene rings is 1. The minimum absolute atomic E-state index is 0.238. The molecule has 0 saturated carbocycles. The number of halogens is 1. The highest BCUT2D eigenvalue weighted by Crippen LogP contribution is 2.20. The Morgan fingerprint density at radius 1 is 1.27 bits per heavy atom. The van der Waals surface area contributed by atoms with E-state index in [1.54, 1.807) is 12.1 Å². The first-order valence-electron chi connectivity index (χ1n) is 5.61. The Balaban J connectivity index is 0.000000422. The molecule has 120 valence electrons. The van der Waals surface area contributed by atoms with Crippen molar-refractivity contribution in [2.45, 2.75) is 6.42 Å². The lowest BCUT2D eigenvalue weighted by Gasteiger charge is -2.04. The van der Waals surface area contributed by atoms with Gasteiger partial charge in [-0.3, -0.25) is 14.4 Å². The molecule has 2 rings (SSSR count). The highest BCUT2D eigenvalue weighted by Gasteiger charge is 2.09. The van der Waals surface area contributed by atoms with Crippen molar-refractivity contribution in [2.24, 2.45) is 5.14 Å². The Labute approximate surface area is 132 Å². The number of hydrogen-bond donors (Lipinski definition) is 4. The van der Waals surface area contributed by atoms with Gasteiger partial charge in [0.05, 0.1) is 23.7 Å². The molecule has 1 aromatic heterocycles. The Morgan fingerprint density at radius 2 is 1.77 bits per heavy atom. The Kier molecular flexibility index (Phi) is 5.63. The summed E-state index contributed by atoms with van der Waals surface area (Å²) in [7, 11) is -3.17. The van der Waals surface area contributed by atoms with Crippen LogP contribution in [0.3, 0.4) is 0 Å². The Bertz CT molecular complexity index is 923. The zero-order valence-electron chi connectivity index (χ0n) is 11.2. The molecule has 22 heavy (non-hydrogen) atoms. The normalized spacial score (nSPS) is 10.9. The number of H-pyrrole nitrogens is 2. The van der Waals surface area contributed by atoms with Gasteiger partial charge in [-0.1, -0.05) is 15.9 Å². The average Bonchev–Trinajstić information content (AvgIpc) is 2.28. The lowest BCUT2D eigenvalue weighted by atomic mass is 10.1. The number of carboxylic acids is 1. The van der Waals surface area contributed by atoms with Gasteiger partial charge in [0, 0.05) is 4.47 Å². The second kappa shape index (κ2) is 6.85. The van der Waals surface area contributed by atoms with Crippen LogP contribution in [0.4, 0.5) is 0 Å². The first-order valence-corrected chi connectivity index (χ1v) is 8.36. The quantitative estimate of drug-likeness (QED) is 0.502. The minimum atomic E-state index is -3.17. The number of hydrogen-bond acceptors (Lipinski definition) is 5. The van der Waals surface area contributed by atoms with Gasteiger partial charge < -0.3 is 15.1 Å². The van der Waals surface area contributed by atoms with Gasteiger partial charge in [-0.25, -0.2) is 13.6 Å². The lowest BCUT2D eigenvalue weighted by molar-refractivity contribution is -0.136. The van der Waals surface area contributed by atoms with Crippen molar-refractivity contribution < 1.29 is 18.3 Å². The molecular formula is C11H12BrN3O6S. The second-order valence-electron chi connectivity index (χ2n) is 4.30. The molecule has 1 aromatic carbocycles. The standard InChI is InChI=1S/C10H7BrN2O4.CH5NO2S/c11-5-1-4(2-7(14)15)8-6(3-5)12-9(16)10(17)13-8;1-5(2,3)4/h1,3H,2H2,(H,12,16)(H,13,17)(H,14,15);1H3,(H2,2,3,4).